The van der Waals surface area contributed by atoms with Crippen molar-refractivity contribution in [1.82, 2.24) is 24.9 Å². The Bertz CT molecular complexity index is 951. The van der Waals surface area contributed by atoms with Gasteiger partial charge in [0.2, 0.25) is 0 Å². The van der Waals surface area contributed by atoms with Gasteiger partial charge in [0.05, 0.1) is 12.2 Å². The lowest BCUT2D eigenvalue weighted by atomic mass is 10.2. The summed E-state index contributed by atoms with van der Waals surface area (Å²) >= 11 is 6.28. The number of benzene rings is 1. The largest absolute Gasteiger partial charge is 0.364 e. The summed E-state index contributed by atoms with van der Waals surface area (Å²) in [7, 11) is 0. The van der Waals surface area contributed by atoms with Crippen LogP contribution < -0.4 is 0 Å². The first-order valence-electron chi connectivity index (χ1n) is 8.30. The molecule has 3 aromatic heterocycles. The predicted octanol–water partition coefficient (Wildman–Crippen LogP) is 4.72. The molecule has 0 spiro atoms. The molecule has 4 rings (SSSR count). The number of aromatic nitrogens is 5. The van der Waals surface area contributed by atoms with Gasteiger partial charge in [-0.05, 0) is 23.8 Å². The molecule has 0 aliphatic rings. The van der Waals surface area contributed by atoms with E-state index in [4.69, 9.17) is 16.1 Å². The third kappa shape index (κ3) is 3.81. The Balaban J connectivity index is 0.000000948. The quantitative estimate of drug-likeness (QED) is 0.521. The van der Waals surface area contributed by atoms with Crippen LogP contribution in [0.2, 0.25) is 5.02 Å². The second kappa shape index (κ2) is 8.40. The van der Waals surface area contributed by atoms with Gasteiger partial charge in [-0.25, -0.2) is 9.97 Å². The van der Waals surface area contributed by atoms with Crippen LogP contribution in [0.5, 0.6) is 0 Å². The molecule has 4 aromatic rings. The van der Waals surface area contributed by atoms with Crippen LogP contribution >= 0.6 is 11.6 Å². The molecule has 0 amide bonds. The van der Waals surface area contributed by atoms with Gasteiger partial charge in [0.25, 0.3) is 0 Å². The van der Waals surface area contributed by atoms with E-state index in [1.165, 1.54) is 6.26 Å². The van der Waals surface area contributed by atoms with Crippen molar-refractivity contribution in [2.24, 2.45) is 0 Å². The number of rotatable bonds is 4. The fourth-order valence-corrected chi connectivity index (χ4v) is 2.61. The molecule has 6 nitrogen and oxygen atoms in total. The molecule has 0 saturated heterocycles. The molecule has 1 aromatic carbocycles. The van der Waals surface area contributed by atoms with Crippen molar-refractivity contribution in [3.8, 4) is 22.9 Å². The monoisotopic (exact) mass is 367 g/mol. The summed E-state index contributed by atoms with van der Waals surface area (Å²) in [4.78, 5) is 8.50. The van der Waals surface area contributed by atoms with E-state index in [0.29, 0.717) is 28.8 Å². The van der Waals surface area contributed by atoms with Gasteiger partial charge in [-0.2, -0.15) is 5.10 Å². The van der Waals surface area contributed by atoms with Crippen molar-refractivity contribution in [2.45, 2.75) is 20.4 Å². The van der Waals surface area contributed by atoms with Crippen molar-refractivity contribution < 1.29 is 4.52 Å². The van der Waals surface area contributed by atoms with Crippen molar-refractivity contribution >= 4 is 11.6 Å². The van der Waals surface area contributed by atoms with Crippen LogP contribution in [0, 0.1) is 0 Å². The first-order valence-corrected chi connectivity index (χ1v) is 8.68. The lowest BCUT2D eigenvalue weighted by molar-refractivity contribution is 0.421. The smallest absolute Gasteiger partial charge is 0.180 e. The minimum Gasteiger partial charge on any atom is -0.364 e. The van der Waals surface area contributed by atoms with Gasteiger partial charge in [-0.15, -0.1) is 0 Å². The molecule has 0 unspecified atom stereocenters. The van der Waals surface area contributed by atoms with Gasteiger partial charge < -0.3 is 4.52 Å². The SMILES string of the molecule is CC.Clc1ccccc1Cn1nc(-c2ncccn2)cc1-c1ccon1. The molecule has 0 atom stereocenters. The van der Waals surface area contributed by atoms with E-state index in [9.17, 15) is 0 Å². The average Bonchev–Trinajstić information content (AvgIpc) is 3.36. The highest BCUT2D eigenvalue weighted by molar-refractivity contribution is 6.31. The zero-order valence-corrected chi connectivity index (χ0v) is 15.3. The van der Waals surface area contributed by atoms with Gasteiger partial charge >= 0.3 is 0 Å². The van der Waals surface area contributed by atoms with E-state index >= 15 is 0 Å². The maximum Gasteiger partial charge on any atom is 0.180 e. The van der Waals surface area contributed by atoms with Crippen LogP contribution in [0.3, 0.4) is 0 Å². The van der Waals surface area contributed by atoms with Gasteiger partial charge in [0, 0.05) is 23.5 Å². The first kappa shape index (κ1) is 17.8. The van der Waals surface area contributed by atoms with E-state index in [1.807, 2.05) is 48.9 Å². The number of hydrogen-bond donors (Lipinski definition) is 0. The minimum absolute atomic E-state index is 0.509. The topological polar surface area (TPSA) is 69.6 Å². The third-order valence-corrected chi connectivity index (χ3v) is 3.92. The summed E-state index contributed by atoms with van der Waals surface area (Å²) in [5.74, 6) is 0.556. The Kier molecular flexibility index (Phi) is 5.76. The van der Waals surface area contributed by atoms with Crippen LogP contribution in [0.25, 0.3) is 22.9 Å². The molecule has 132 valence electrons. The highest BCUT2D eigenvalue weighted by Gasteiger charge is 2.16. The van der Waals surface area contributed by atoms with Gasteiger partial charge in [-0.3, -0.25) is 4.68 Å². The Hall–Kier alpha value is -2.99. The summed E-state index contributed by atoms with van der Waals surface area (Å²) in [5, 5.41) is 9.32. The predicted molar refractivity (Wildman–Crippen MR) is 101 cm³/mol. The van der Waals surface area contributed by atoms with Crippen molar-refractivity contribution in [3.63, 3.8) is 0 Å². The van der Waals surface area contributed by atoms with E-state index in [1.54, 1.807) is 24.5 Å². The standard InChI is InChI=1S/C17H12ClN5O.C2H6/c18-13-5-2-1-4-12(13)11-23-16(14-6-9-24-22-14)10-15(21-23)17-19-7-3-8-20-17;1-2/h1-10H,11H2;1-2H3. The van der Waals surface area contributed by atoms with Crippen LogP contribution in [0.1, 0.15) is 19.4 Å². The zero-order chi connectivity index (χ0) is 18.4. The molecule has 0 saturated carbocycles. The molecule has 3 heterocycles. The third-order valence-electron chi connectivity index (χ3n) is 3.55. The molecule has 0 aliphatic carbocycles. The van der Waals surface area contributed by atoms with Crippen molar-refractivity contribution in [1.29, 1.82) is 0 Å². The second-order valence-corrected chi connectivity index (χ2v) is 5.53. The molecule has 0 aliphatic heterocycles. The molecule has 26 heavy (non-hydrogen) atoms. The zero-order valence-electron chi connectivity index (χ0n) is 14.5. The molecule has 0 bridgehead atoms. The minimum atomic E-state index is 0.509. The summed E-state index contributed by atoms with van der Waals surface area (Å²) in [5.41, 5.74) is 3.14. The van der Waals surface area contributed by atoms with Crippen LogP contribution in [-0.2, 0) is 6.54 Å². The first-order chi connectivity index (χ1) is 12.8. The van der Waals surface area contributed by atoms with Crippen molar-refractivity contribution in [3.05, 3.63) is 71.7 Å². The lowest BCUT2D eigenvalue weighted by Crippen LogP contribution is -2.04. The highest BCUT2D eigenvalue weighted by atomic mass is 35.5. The van der Waals surface area contributed by atoms with Crippen LogP contribution in [-0.4, -0.2) is 24.9 Å². The molecular weight excluding hydrogens is 350 g/mol. The normalized spacial score (nSPS) is 10.3. The van der Waals surface area contributed by atoms with E-state index in [-0.39, 0.29) is 0 Å². The van der Waals surface area contributed by atoms with Gasteiger partial charge in [0.1, 0.15) is 17.7 Å². The molecule has 7 heteroatoms. The summed E-state index contributed by atoms with van der Waals surface area (Å²) < 4.78 is 6.79. The maximum absolute atomic E-state index is 6.28. The summed E-state index contributed by atoms with van der Waals surface area (Å²) in [6, 6.07) is 13.1. The number of hydrogen-bond acceptors (Lipinski definition) is 5. The Morgan fingerprint density at radius 3 is 2.46 bits per heavy atom. The fraction of sp³-hybridized carbons (Fsp3) is 0.158. The van der Waals surface area contributed by atoms with E-state index in [0.717, 1.165) is 11.3 Å². The summed E-state index contributed by atoms with van der Waals surface area (Å²) in [6.07, 6.45) is 4.90. The van der Waals surface area contributed by atoms with Crippen LogP contribution in [0.15, 0.2) is 65.6 Å². The summed E-state index contributed by atoms with van der Waals surface area (Å²) in [6.45, 7) is 4.51. The molecular formula is C19H18ClN5O. The van der Waals surface area contributed by atoms with Crippen LogP contribution in [0.4, 0.5) is 0 Å². The second-order valence-electron chi connectivity index (χ2n) is 5.12. The molecule has 0 fully saturated rings. The number of halogens is 1. The fourth-order valence-electron chi connectivity index (χ4n) is 2.42. The highest BCUT2D eigenvalue weighted by Crippen LogP contribution is 2.25. The Morgan fingerprint density at radius 2 is 1.77 bits per heavy atom. The Labute approximate surface area is 156 Å². The van der Waals surface area contributed by atoms with E-state index < -0.39 is 0 Å². The lowest BCUT2D eigenvalue weighted by Gasteiger charge is -2.07. The van der Waals surface area contributed by atoms with Gasteiger partial charge in [-0.1, -0.05) is 48.8 Å². The van der Waals surface area contributed by atoms with E-state index in [2.05, 4.69) is 20.2 Å². The molecule has 0 N–H and O–H groups in total. The van der Waals surface area contributed by atoms with Crippen molar-refractivity contribution in [2.75, 3.05) is 0 Å². The number of nitrogens with zero attached hydrogens (tertiary/aromatic N) is 5. The molecule has 0 radical (unpaired) electrons. The average molecular weight is 368 g/mol. The maximum atomic E-state index is 6.28. The Morgan fingerprint density at radius 1 is 1.00 bits per heavy atom. The van der Waals surface area contributed by atoms with Gasteiger partial charge in [0.15, 0.2) is 5.82 Å².